The van der Waals surface area contributed by atoms with Gasteiger partial charge in [-0.3, -0.25) is 4.72 Å². The quantitative estimate of drug-likeness (QED) is 0.722. The zero-order valence-corrected chi connectivity index (χ0v) is 13.8. The van der Waals surface area contributed by atoms with Gasteiger partial charge in [0, 0.05) is 0 Å². The number of carboxylic acid groups (broad SMARTS) is 2. The van der Waals surface area contributed by atoms with E-state index in [0.29, 0.717) is 18.1 Å². The molecule has 0 aromatic heterocycles. The van der Waals surface area contributed by atoms with Crippen LogP contribution >= 0.6 is 0 Å². The van der Waals surface area contributed by atoms with Gasteiger partial charge in [-0.2, -0.15) is 0 Å². The van der Waals surface area contributed by atoms with E-state index in [1.807, 2.05) is 0 Å². The van der Waals surface area contributed by atoms with Gasteiger partial charge in [-0.15, -0.1) is 0 Å². The lowest BCUT2D eigenvalue weighted by molar-refractivity contribution is 0.0683. The van der Waals surface area contributed by atoms with Gasteiger partial charge < -0.3 is 10.2 Å². The first-order valence-corrected chi connectivity index (χ1v) is 8.56. The lowest BCUT2D eigenvalue weighted by Crippen LogP contribution is -2.18. The summed E-state index contributed by atoms with van der Waals surface area (Å²) in [6.07, 6.45) is 0.364. The first-order chi connectivity index (χ1) is 11.7. The number of halogens is 1. The summed E-state index contributed by atoms with van der Waals surface area (Å²) in [5, 5.41) is 18.2. The summed E-state index contributed by atoms with van der Waals surface area (Å²) >= 11 is 0. The van der Waals surface area contributed by atoms with Crippen molar-refractivity contribution in [3.8, 4) is 0 Å². The first kappa shape index (κ1) is 18.4. The van der Waals surface area contributed by atoms with Crippen LogP contribution in [0.15, 0.2) is 41.3 Å². The van der Waals surface area contributed by atoms with Crippen LogP contribution in [0.3, 0.4) is 0 Å². The van der Waals surface area contributed by atoms with Gasteiger partial charge >= 0.3 is 11.9 Å². The summed E-state index contributed by atoms with van der Waals surface area (Å²) in [5.74, 6) is -4.01. The third kappa shape index (κ3) is 3.77. The van der Waals surface area contributed by atoms with Gasteiger partial charge in [-0.1, -0.05) is 19.1 Å². The van der Waals surface area contributed by atoms with E-state index in [-0.39, 0.29) is 11.3 Å². The third-order valence-electron chi connectivity index (χ3n) is 3.48. The number of anilines is 1. The number of sulfonamides is 1. The second kappa shape index (κ2) is 6.89. The van der Waals surface area contributed by atoms with Crippen LogP contribution in [-0.4, -0.2) is 30.6 Å². The summed E-state index contributed by atoms with van der Waals surface area (Å²) in [7, 11) is -4.32. The van der Waals surface area contributed by atoms with Crippen molar-refractivity contribution in [3.63, 3.8) is 0 Å². The third-order valence-corrected chi connectivity index (χ3v) is 4.82. The number of aryl methyl sites for hydroxylation is 1. The summed E-state index contributed by atoms with van der Waals surface area (Å²) in [6, 6.07) is 6.60. The van der Waals surface area contributed by atoms with Crippen molar-refractivity contribution in [1.82, 2.24) is 0 Å². The van der Waals surface area contributed by atoms with Gasteiger partial charge in [-0.05, 0) is 36.2 Å². The van der Waals surface area contributed by atoms with Gasteiger partial charge in [0.2, 0.25) is 0 Å². The molecule has 0 fully saturated rings. The molecule has 0 amide bonds. The van der Waals surface area contributed by atoms with E-state index in [0.717, 1.165) is 12.1 Å². The summed E-state index contributed by atoms with van der Waals surface area (Å²) in [4.78, 5) is 21.8. The number of hydrogen-bond acceptors (Lipinski definition) is 4. The fourth-order valence-corrected chi connectivity index (χ4v) is 3.37. The molecule has 2 aromatic carbocycles. The van der Waals surface area contributed by atoms with Gasteiger partial charge in [0.1, 0.15) is 5.82 Å². The molecular weight excluding hydrogens is 353 g/mol. The number of carbonyl (C=O) groups is 2. The number of nitrogens with one attached hydrogen (secondary N) is 1. The molecule has 7 nitrogen and oxygen atoms in total. The lowest BCUT2D eigenvalue weighted by Gasteiger charge is -2.14. The van der Waals surface area contributed by atoms with Crippen molar-refractivity contribution >= 4 is 27.6 Å². The second-order valence-corrected chi connectivity index (χ2v) is 6.73. The molecule has 25 heavy (non-hydrogen) atoms. The fraction of sp³-hybridized carbons (Fsp3) is 0.125. The number of para-hydroxylation sites is 1. The molecule has 0 bridgehead atoms. The standard InChI is InChI=1S/C16H14FNO6S/c1-2-9-4-3-5-11(15(19)20)14(9)18-25(23,24)10-6-7-13(17)12(8-10)16(21)22/h3-8,18H,2H2,1H3,(H,19,20)(H,21,22). The van der Waals surface area contributed by atoms with Crippen LogP contribution in [0, 0.1) is 5.82 Å². The Balaban J connectivity index is 2.56. The summed E-state index contributed by atoms with van der Waals surface area (Å²) in [5.41, 5.74) is -0.712. The molecule has 0 aliphatic heterocycles. The van der Waals surface area contributed by atoms with E-state index < -0.39 is 38.2 Å². The number of hydrogen-bond donors (Lipinski definition) is 3. The maximum Gasteiger partial charge on any atom is 0.338 e. The molecule has 3 N–H and O–H groups in total. The lowest BCUT2D eigenvalue weighted by atomic mass is 10.1. The Bertz CT molecular complexity index is 955. The topological polar surface area (TPSA) is 121 Å². The van der Waals surface area contributed by atoms with Gasteiger partial charge in [-0.25, -0.2) is 22.4 Å². The van der Waals surface area contributed by atoms with E-state index in [4.69, 9.17) is 5.11 Å². The van der Waals surface area contributed by atoms with Crippen LogP contribution in [0.1, 0.15) is 33.2 Å². The van der Waals surface area contributed by atoms with Crippen LogP contribution in [0.25, 0.3) is 0 Å². The molecule has 2 aromatic rings. The molecule has 9 heteroatoms. The molecule has 0 radical (unpaired) electrons. The van der Waals surface area contributed by atoms with Gasteiger partial charge in [0.05, 0.1) is 21.7 Å². The zero-order chi connectivity index (χ0) is 18.8. The van der Waals surface area contributed by atoms with Crippen molar-refractivity contribution in [2.24, 2.45) is 0 Å². The van der Waals surface area contributed by atoms with Crippen molar-refractivity contribution in [3.05, 3.63) is 58.9 Å². The van der Waals surface area contributed by atoms with Crippen molar-refractivity contribution in [2.75, 3.05) is 4.72 Å². The number of benzene rings is 2. The molecule has 0 heterocycles. The minimum Gasteiger partial charge on any atom is -0.478 e. The highest BCUT2D eigenvalue weighted by Gasteiger charge is 2.23. The minimum atomic E-state index is -4.32. The average Bonchev–Trinajstić information content (AvgIpc) is 2.54. The summed E-state index contributed by atoms with van der Waals surface area (Å²) in [6.45, 7) is 1.72. The van der Waals surface area contributed by atoms with Gasteiger partial charge in [0.15, 0.2) is 0 Å². The average molecular weight is 367 g/mol. The molecule has 0 aliphatic carbocycles. The number of aromatic carboxylic acids is 2. The Hall–Kier alpha value is -2.94. The molecular formula is C16H14FNO6S. The monoisotopic (exact) mass is 367 g/mol. The molecule has 0 unspecified atom stereocenters. The van der Waals surface area contributed by atoms with E-state index in [2.05, 4.69) is 4.72 Å². The Morgan fingerprint density at radius 2 is 1.72 bits per heavy atom. The largest absolute Gasteiger partial charge is 0.478 e. The predicted molar refractivity (Wildman–Crippen MR) is 86.9 cm³/mol. The molecule has 0 saturated heterocycles. The van der Waals surface area contributed by atoms with Crippen molar-refractivity contribution < 1.29 is 32.6 Å². The van der Waals surface area contributed by atoms with E-state index in [9.17, 15) is 27.5 Å². The SMILES string of the molecule is CCc1cccc(C(=O)O)c1NS(=O)(=O)c1ccc(F)c(C(=O)O)c1. The van der Waals surface area contributed by atoms with Crippen molar-refractivity contribution in [2.45, 2.75) is 18.2 Å². The second-order valence-electron chi connectivity index (χ2n) is 5.05. The van der Waals surface area contributed by atoms with E-state index in [1.165, 1.54) is 12.1 Å². The Kier molecular flexibility index (Phi) is 5.07. The molecule has 0 saturated carbocycles. The first-order valence-electron chi connectivity index (χ1n) is 7.08. The molecule has 0 spiro atoms. The van der Waals surface area contributed by atoms with Crippen LogP contribution in [0.2, 0.25) is 0 Å². The molecule has 2 rings (SSSR count). The maximum atomic E-state index is 13.5. The van der Waals surface area contributed by atoms with Crippen LogP contribution in [0.5, 0.6) is 0 Å². The number of rotatable bonds is 6. The van der Waals surface area contributed by atoms with Crippen LogP contribution in [-0.2, 0) is 16.4 Å². The Morgan fingerprint density at radius 3 is 2.28 bits per heavy atom. The molecule has 132 valence electrons. The molecule has 0 aliphatic rings. The highest BCUT2D eigenvalue weighted by molar-refractivity contribution is 7.92. The van der Waals surface area contributed by atoms with Gasteiger partial charge in [0.25, 0.3) is 10.0 Å². The Morgan fingerprint density at radius 1 is 1.08 bits per heavy atom. The molecule has 0 atom stereocenters. The zero-order valence-electron chi connectivity index (χ0n) is 13.0. The smallest absolute Gasteiger partial charge is 0.338 e. The normalized spacial score (nSPS) is 11.1. The maximum absolute atomic E-state index is 13.5. The van der Waals surface area contributed by atoms with Crippen LogP contribution < -0.4 is 4.72 Å². The minimum absolute atomic E-state index is 0.112. The van der Waals surface area contributed by atoms with Crippen LogP contribution in [0.4, 0.5) is 10.1 Å². The van der Waals surface area contributed by atoms with Crippen molar-refractivity contribution in [1.29, 1.82) is 0 Å². The predicted octanol–water partition coefficient (Wildman–Crippen LogP) is 2.59. The van der Waals surface area contributed by atoms with E-state index >= 15 is 0 Å². The Labute approximate surface area is 142 Å². The number of carboxylic acids is 2. The highest BCUT2D eigenvalue weighted by atomic mass is 32.2. The highest BCUT2D eigenvalue weighted by Crippen LogP contribution is 2.26. The summed E-state index contributed by atoms with van der Waals surface area (Å²) < 4.78 is 40.6. The fourth-order valence-electron chi connectivity index (χ4n) is 2.22. The van der Waals surface area contributed by atoms with E-state index in [1.54, 1.807) is 13.0 Å².